The second-order valence-electron chi connectivity index (χ2n) is 8.15. The summed E-state index contributed by atoms with van der Waals surface area (Å²) in [5, 5.41) is 12.1. The summed E-state index contributed by atoms with van der Waals surface area (Å²) in [4.78, 5) is 25.5. The molecule has 0 aromatic carbocycles. The molecule has 142 valence electrons. The number of hydrogen-bond acceptors (Lipinski definition) is 6. The van der Waals surface area contributed by atoms with Gasteiger partial charge in [0.15, 0.2) is 0 Å². The maximum atomic E-state index is 12.3. The molecule has 1 amide bonds. The summed E-state index contributed by atoms with van der Waals surface area (Å²) in [5.41, 5.74) is 0.199. The van der Waals surface area contributed by atoms with Crippen LogP contribution in [0.4, 0.5) is 11.6 Å². The van der Waals surface area contributed by atoms with Crippen LogP contribution in [0.25, 0.3) is 0 Å². The predicted octanol–water partition coefficient (Wildman–Crippen LogP) is 1.50. The van der Waals surface area contributed by atoms with Crippen LogP contribution in [-0.2, 0) is 4.79 Å². The summed E-state index contributed by atoms with van der Waals surface area (Å²) < 4.78 is 0. The van der Waals surface area contributed by atoms with E-state index in [0.717, 1.165) is 56.6 Å². The van der Waals surface area contributed by atoms with E-state index in [-0.39, 0.29) is 12.0 Å². The summed E-state index contributed by atoms with van der Waals surface area (Å²) in [6, 6.07) is 1.96. The lowest BCUT2D eigenvalue weighted by Gasteiger charge is -2.48. The zero-order valence-electron chi connectivity index (χ0n) is 15.4. The first-order valence-corrected chi connectivity index (χ1v) is 9.87. The molecule has 2 saturated heterocycles. The fourth-order valence-electron chi connectivity index (χ4n) is 4.42. The van der Waals surface area contributed by atoms with E-state index in [1.54, 1.807) is 6.33 Å². The molecule has 1 saturated carbocycles. The highest BCUT2D eigenvalue weighted by Gasteiger charge is 2.43. The maximum absolute atomic E-state index is 12.3. The lowest BCUT2D eigenvalue weighted by atomic mass is 9.73. The quantitative estimate of drug-likeness (QED) is 0.801. The van der Waals surface area contributed by atoms with Gasteiger partial charge in [-0.05, 0) is 38.0 Å². The van der Waals surface area contributed by atoms with Crippen LogP contribution in [0, 0.1) is 11.3 Å². The number of amides is 1. The summed E-state index contributed by atoms with van der Waals surface area (Å²) >= 11 is 0. The third-order valence-electron chi connectivity index (χ3n) is 5.98. The third-order valence-corrected chi connectivity index (χ3v) is 5.98. The average molecular weight is 359 g/mol. The minimum Gasteiger partial charge on any atom is -0.395 e. The maximum Gasteiger partial charge on any atom is 0.222 e. The number of carbonyl (C=O) groups is 1. The molecule has 1 aliphatic carbocycles. The van der Waals surface area contributed by atoms with Gasteiger partial charge in [0, 0.05) is 50.6 Å². The minimum atomic E-state index is 0.0804. The Balaban J connectivity index is 1.45. The number of likely N-dealkylation sites (tertiary alicyclic amines) is 1. The Labute approximate surface area is 154 Å². The first-order valence-electron chi connectivity index (χ1n) is 9.87. The molecule has 1 aromatic heterocycles. The molecule has 0 radical (unpaired) electrons. The molecule has 1 aromatic rings. The number of hydrogen-bond donors (Lipinski definition) is 2. The van der Waals surface area contributed by atoms with Crippen molar-refractivity contribution < 1.29 is 9.90 Å². The summed E-state index contributed by atoms with van der Waals surface area (Å²) in [7, 11) is 0. The molecule has 2 N–H and O–H groups in total. The average Bonchev–Trinajstić information content (AvgIpc) is 3.48. The predicted molar refractivity (Wildman–Crippen MR) is 100 cm³/mol. The van der Waals surface area contributed by atoms with Crippen LogP contribution in [0.3, 0.4) is 0 Å². The summed E-state index contributed by atoms with van der Waals surface area (Å²) in [6.07, 6.45) is 8.16. The number of piperidine rings is 2. The number of aliphatic hydroxyl groups is 1. The molecule has 7 heteroatoms. The van der Waals surface area contributed by atoms with Crippen molar-refractivity contribution in [3.8, 4) is 0 Å². The summed E-state index contributed by atoms with van der Waals surface area (Å²) in [6.45, 7) is 4.38. The van der Waals surface area contributed by atoms with E-state index in [2.05, 4.69) is 25.1 Å². The Kier molecular flexibility index (Phi) is 4.98. The van der Waals surface area contributed by atoms with Crippen molar-refractivity contribution in [2.24, 2.45) is 11.3 Å². The number of aromatic nitrogens is 2. The molecule has 1 spiro atoms. The Hall–Kier alpha value is -1.89. The Morgan fingerprint density at radius 1 is 1.27 bits per heavy atom. The lowest BCUT2D eigenvalue weighted by molar-refractivity contribution is -0.138. The van der Waals surface area contributed by atoms with Gasteiger partial charge in [0.25, 0.3) is 0 Å². The van der Waals surface area contributed by atoms with Crippen LogP contribution in [0.1, 0.15) is 38.5 Å². The van der Waals surface area contributed by atoms with Crippen molar-refractivity contribution in [3.05, 3.63) is 12.4 Å². The number of rotatable bonds is 6. The Morgan fingerprint density at radius 3 is 2.96 bits per heavy atom. The van der Waals surface area contributed by atoms with Crippen molar-refractivity contribution in [1.29, 1.82) is 0 Å². The first kappa shape index (κ1) is 17.5. The molecule has 3 heterocycles. The van der Waals surface area contributed by atoms with Gasteiger partial charge in [0.05, 0.1) is 6.61 Å². The van der Waals surface area contributed by atoms with Crippen LogP contribution >= 0.6 is 0 Å². The lowest BCUT2D eigenvalue weighted by Crippen LogP contribution is -2.54. The Morgan fingerprint density at radius 2 is 2.15 bits per heavy atom. The smallest absolute Gasteiger partial charge is 0.222 e. The van der Waals surface area contributed by atoms with Gasteiger partial charge in [-0.2, -0.15) is 0 Å². The molecule has 1 atom stereocenters. The van der Waals surface area contributed by atoms with Crippen molar-refractivity contribution in [2.75, 3.05) is 49.5 Å². The number of aliphatic hydroxyl groups excluding tert-OH is 1. The van der Waals surface area contributed by atoms with Crippen molar-refractivity contribution in [3.63, 3.8) is 0 Å². The standard InChI is InChI=1S/C19H29N5O2/c25-9-7-20-16-10-17(22-14-21-16)23-8-1-5-19(12-23)6-4-18(26)24(13-19)11-15-2-3-15/h10,14-15,25H,1-9,11-13H2,(H,20,21,22)/t19-/m1/s1. The highest BCUT2D eigenvalue weighted by atomic mass is 16.3. The fraction of sp³-hybridized carbons (Fsp3) is 0.737. The second kappa shape index (κ2) is 7.39. The third kappa shape index (κ3) is 3.92. The first-order chi connectivity index (χ1) is 12.7. The van der Waals surface area contributed by atoms with E-state index in [9.17, 15) is 4.79 Å². The van der Waals surface area contributed by atoms with Gasteiger partial charge in [-0.3, -0.25) is 4.79 Å². The van der Waals surface area contributed by atoms with E-state index in [0.29, 0.717) is 18.9 Å². The molecular weight excluding hydrogens is 330 g/mol. The fourth-order valence-corrected chi connectivity index (χ4v) is 4.42. The van der Waals surface area contributed by atoms with Crippen LogP contribution in [-0.4, -0.2) is 65.2 Å². The summed E-state index contributed by atoms with van der Waals surface area (Å²) in [5.74, 6) is 2.77. The molecule has 4 rings (SSSR count). The van der Waals surface area contributed by atoms with E-state index >= 15 is 0 Å². The van der Waals surface area contributed by atoms with Crippen molar-refractivity contribution in [2.45, 2.75) is 38.5 Å². The zero-order valence-corrected chi connectivity index (χ0v) is 15.4. The number of carbonyl (C=O) groups excluding carboxylic acids is 1. The van der Waals surface area contributed by atoms with Crippen molar-refractivity contribution in [1.82, 2.24) is 14.9 Å². The highest BCUT2D eigenvalue weighted by molar-refractivity contribution is 5.77. The van der Waals surface area contributed by atoms with E-state index in [4.69, 9.17) is 5.11 Å². The zero-order chi connectivity index (χ0) is 18.0. The highest BCUT2D eigenvalue weighted by Crippen LogP contribution is 2.41. The number of nitrogens with zero attached hydrogens (tertiary/aromatic N) is 4. The molecule has 0 bridgehead atoms. The topological polar surface area (TPSA) is 81.6 Å². The number of anilines is 2. The van der Waals surface area contributed by atoms with Crippen molar-refractivity contribution >= 4 is 17.5 Å². The van der Waals surface area contributed by atoms with Crippen LogP contribution < -0.4 is 10.2 Å². The minimum absolute atomic E-state index is 0.0804. The number of nitrogens with one attached hydrogen (secondary N) is 1. The largest absolute Gasteiger partial charge is 0.395 e. The van der Waals surface area contributed by atoms with Gasteiger partial charge in [-0.1, -0.05) is 0 Å². The second-order valence-corrected chi connectivity index (χ2v) is 8.15. The molecule has 3 fully saturated rings. The van der Waals surface area contributed by atoms with Gasteiger partial charge in [0.1, 0.15) is 18.0 Å². The van der Waals surface area contributed by atoms with Crippen LogP contribution in [0.5, 0.6) is 0 Å². The van der Waals surface area contributed by atoms with Gasteiger partial charge >= 0.3 is 0 Å². The van der Waals surface area contributed by atoms with E-state index < -0.39 is 0 Å². The molecule has 26 heavy (non-hydrogen) atoms. The molecular formula is C19H29N5O2. The van der Waals surface area contributed by atoms with Gasteiger partial charge in [0.2, 0.25) is 5.91 Å². The van der Waals surface area contributed by atoms with Crippen LogP contribution in [0.2, 0.25) is 0 Å². The normalized spacial score (nSPS) is 26.4. The van der Waals surface area contributed by atoms with E-state index in [1.165, 1.54) is 19.3 Å². The monoisotopic (exact) mass is 359 g/mol. The SMILES string of the molecule is O=C1CC[C@@]2(CCCN(c3cc(NCCO)ncn3)C2)CN1CC1CC1. The molecule has 2 aliphatic heterocycles. The van der Waals surface area contributed by atoms with Gasteiger partial charge in [-0.25, -0.2) is 9.97 Å². The van der Waals surface area contributed by atoms with Crippen LogP contribution in [0.15, 0.2) is 12.4 Å². The van der Waals surface area contributed by atoms with Gasteiger partial charge in [-0.15, -0.1) is 0 Å². The molecule has 0 unspecified atom stereocenters. The molecule has 3 aliphatic rings. The van der Waals surface area contributed by atoms with Gasteiger partial charge < -0.3 is 20.2 Å². The van der Waals surface area contributed by atoms with E-state index in [1.807, 2.05) is 6.07 Å². The Bertz CT molecular complexity index is 651. The molecule has 7 nitrogen and oxygen atoms in total.